The maximum absolute atomic E-state index is 7.37. The maximum atomic E-state index is 7.37. The van der Waals surface area contributed by atoms with Crippen LogP contribution in [0.5, 0.6) is 0 Å². The molecule has 218 valence electrons. The average molecular weight is 613 g/mol. The molecule has 0 unspecified atom stereocenters. The molecule has 0 N–H and O–H groups in total. The van der Waals surface area contributed by atoms with E-state index in [4.69, 9.17) is 37.4 Å². The van der Waals surface area contributed by atoms with Gasteiger partial charge in [-0.25, -0.2) is 9.97 Å². The third-order valence-corrected chi connectivity index (χ3v) is 9.98. The van der Waals surface area contributed by atoms with Gasteiger partial charge in [-0.2, -0.15) is 0 Å². The van der Waals surface area contributed by atoms with Gasteiger partial charge in [-0.15, -0.1) is 0 Å². The van der Waals surface area contributed by atoms with Crippen molar-refractivity contribution in [2.45, 2.75) is 49.9 Å². The van der Waals surface area contributed by atoms with Crippen LogP contribution in [0.4, 0.5) is 0 Å². The average Bonchev–Trinajstić information content (AvgIpc) is 3.27. The summed E-state index contributed by atoms with van der Waals surface area (Å²) in [4.78, 5) is 9.24. The summed E-state index contributed by atoms with van der Waals surface area (Å²) in [7, 11) is 0. The number of rotatable bonds is 7. The predicted octanol–water partition coefficient (Wildman–Crippen LogP) is 7.83. The normalized spacial score (nSPS) is 27.3. The van der Waals surface area contributed by atoms with Gasteiger partial charge < -0.3 is 18.8 Å². The van der Waals surface area contributed by atoms with Crippen molar-refractivity contribution in [3.05, 3.63) is 130 Å². The summed E-state index contributed by atoms with van der Waals surface area (Å²) in [6.45, 7) is 4.44. The van der Waals surface area contributed by atoms with Crippen molar-refractivity contribution >= 4 is 34.4 Å². The number of ether oxygens (including phenoxy) is 3. The molecule has 3 fully saturated rings. The van der Waals surface area contributed by atoms with Crippen LogP contribution in [0.2, 0.25) is 10.2 Å². The molecule has 2 aliphatic carbocycles. The van der Waals surface area contributed by atoms with E-state index in [1.165, 1.54) is 0 Å². The molecule has 1 saturated heterocycles. The molecule has 43 heavy (non-hydrogen) atoms. The minimum Gasteiger partial charge on any atom is -0.360 e. The van der Waals surface area contributed by atoms with Gasteiger partial charge in [-0.3, -0.25) is 0 Å². The van der Waals surface area contributed by atoms with E-state index >= 15 is 0 Å². The smallest absolute Gasteiger partial charge is 0.163 e. The Morgan fingerprint density at radius 3 is 2.05 bits per heavy atom. The Bertz CT molecular complexity index is 1700. The molecule has 5 aromatic rings. The lowest BCUT2D eigenvalue weighted by molar-refractivity contribution is -0.166. The van der Waals surface area contributed by atoms with Gasteiger partial charge in [-0.05, 0) is 48.9 Å². The number of aromatic nitrogens is 3. The van der Waals surface area contributed by atoms with Gasteiger partial charge in [0.1, 0.15) is 22.4 Å². The predicted molar refractivity (Wildman–Crippen MR) is 166 cm³/mol. The SMILES string of the molecule is CC1(C)O[C@H]2[C@H](n3cnc4c(Cl)cc(Cl)nc43)[C@H]3C[C@@]3(COC(c3ccccc3)(c3ccccc3)c3ccccc3)[C@H]2O1. The van der Waals surface area contributed by atoms with Crippen molar-refractivity contribution in [3.8, 4) is 0 Å². The number of fused-ring (bicyclic) bond motifs is 4. The van der Waals surface area contributed by atoms with E-state index in [1.807, 2.05) is 38.4 Å². The van der Waals surface area contributed by atoms with Gasteiger partial charge in [0.2, 0.25) is 0 Å². The zero-order valence-corrected chi connectivity index (χ0v) is 25.4. The third kappa shape index (κ3) is 4.19. The molecule has 0 spiro atoms. The van der Waals surface area contributed by atoms with Crippen LogP contribution in [0, 0.1) is 11.3 Å². The van der Waals surface area contributed by atoms with Crippen LogP contribution in [-0.2, 0) is 19.8 Å². The van der Waals surface area contributed by atoms with Crippen LogP contribution in [0.25, 0.3) is 11.2 Å². The molecule has 8 heteroatoms. The molecule has 2 saturated carbocycles. The zero-order chi connectivity index (χ0) is 29.4. The van der Waals surface area contributed by atoms with E-state index in [2.05, 4.69) is 87.3 Å². The number of pyridine rings is 1. The highest BCUT2D eigenvalue weighted by molar-refractivity contribution is 6.37. The molecule has 3 aromatic carbocycles. The summed E-state index contributed by atoms with van der Waals surface area (Å²) in [5.41, 5.74) is 3.43. The van der Waals surface area contributed by atoms with Crippen molar-refractivity contribution in [1.82, 2.24) is 14.5 Å². The Balaban J connectivity index is 1.23. The third-order valence-electron chi connectivity index (χ3n) is 9.49. The van der Waals surface area contributed by atoms with E-state index in [0.29, 0.717) is 27.9 Å². The first-order chi connectivity index (χ1) is 20.8. The molecule has 0 bridgehead atoms. The van der Waals surface area contributed by atoms with Gasteiger partial charge in [0.25, 0.3) is 0 Å². The summed E-state index contributed by atoms with van der Waals surface area (Å²) < 4.78 is 22.8. The van der Waals surface area contributed by atoms with Crippen LogP contribution in [-0.4, -0.2) is 39.1 Å². The second-order valence-corrected chi connectivity index (χ2v) is 13.2. The Morgan fingerprint density at radius 1 is 0.884 bits per heavy atom. The Labute approximate surface area is 260 Å². The molecular formula is C35H31Cl2N3O3. The second kappa shape index (κ2) is 9.88. The van der Waals surface area contributed by atoms with Crippen LogP contribution < -0.4 is 0 Å². The van der Waals surface area contributed by atoms with E-state index in [1.54, 1.807) is 6.07 Å². The quantitative estimate of drug-likeness (QED) is 0.139. The summed E-state index contributed by atoms with van der Waals surface area (Å²) in [6, 6.07) is 33.0. The molecule has 5 atom stereocenters. The molecule has 1 aliphatic heterocycles. The van der Waals surface area contributed by atoms with Crippen molar-refractivity contribution < 1.29 is 14.2 Å². The van der Waals surface area contributed by atoms with Gasteiger partial charge in [0.15, 0.2) is 11.4 Å². The van der Waals surface area contributed by atoms with E-state index in [0.717, 1.165) is 23.1 Å². The van der Waals surface area contributed by atoms with E-state index < -0.39 is 11.4 Å². The fourth-order valence-electron chi connectivity index (χ4n) is 7.62. The maximum Gasteiger partial charge on any atom is 0.163 e. The zero-order valence-electron chi connectivity index (χ0n) is 23.9. The lowest BCUT2D eigenvalue weighted by Crippen LogP contribution is -2.39. The fraction of sp³-hybridized carbons (Fsp3) is 0.314. The first-order valence-corrected chi connectivity index (χ1v) is 15.4. The number of benzene rings is 3. The summed E-state index contributed by atoms with van der Waals surface area (Å²) in [6.07, 6.45) is 2.38. The first kappa shape index (κ1) is 27.3. The van der Waals surface area contributed by atoms with Gasteiger partial charge in [0.05, 0.1) is 30.1 Å². The van der Waals surface area contributed by atoms with Crippen LogP contribution >= 0.6 is 23.2 Å². The monoisotopic (exact) mass is 611 g/mol. The number of halogens is 2. The number of hydrogen-bond donors (Lipinski definition) is 0. The topological polar surface area (TPSA) is 58.4 Å². The molecule has 6 nitrogen and oxygen atoms in total. The Hall–Kier alpha value is -3.26. The minimum absolute atomic E-state index is 0.0537. The summed E-state index contributed by atoms with van der Waals surface area (Å²) in [5, 5.41) is 0.817. The highest BCUT2D eigenvalue weighted by atomic mass is 35.5. The van der Waals surface area contributed by atoms with Crippen LogP contribution in [0.1, 0.15) is 43.0 Å². The summed E-state index contributed by atoms with van der Waals surface area (Å²) >= 11 is 12.9. The molecule has 8 rings (SSSR count). The highest BCUT2D eigenvalue weighted by Gasteiger charge is 2.76. The highest BCUT2D eigenvalue weighted by Crippen LogP contribution is 2.72. The number of hydrogen-bond acceptors (Lipinski definition) is 5. The Morgan fingerprint density at radius 2 is 1.47 bits per heavy atom. The molecule has 0 amide bonds. The molecule has 0 radical (unpaired) electrons. The van der Waals surface area contributed by atoms with Crippen molar-refractivity contribution in [2.24, 2.45) is 11.3 Å². The van der Waals surface area contributed by atoms with Crippen molar-refractivity contribution in [1.29, 1.82) is 0 Å². The minimum atomic E-state index is -0.821. The molecule has 2 aromatic heterocycles. The largest absolute Gasteiger partial charge is 0.360 e. The first-order valence-electron chi connectivity index (χ1n) is 14.7. The number of imidazole rings is 1. The van der Waals surface area contributed by atoms with Crippen LogP contribution in [0.3, 0.4) is 0 Å². The lowest BCUT2D eigenvalue weighted by Gasteiger charge is -2.38. The summed E-state index contributed by atoms with van der Waals surface area (Å²) in [5.74, 6) is -0.501. The van der Waals surface area contributed by atoms with Crippen LogP contribution in [0.15, 0.2) is 103 Å². The van der Waals surface area contributed by atoms with E-state index in [-0.39, 0.29) is 29.6 Å². The molecule has 3 heterocycles. The number of nitrogens with zero attached hydrogens (tertiary/aromatic N) is 3. The van der Waals surface area contributed by atoms with Gasteiger partial charge in [-0.1, -0.05) is 114 Å². The standard InChI is InChI=1S/C35H31Cl2N3O3/c1-33(2)42-30-29(40-21-38-28-26(36)18-27(37)39-32(28)40)25-19-34(25,31(30)43-33)20-41-35(22-12-6-3-7-13-22,23-14-8-4-9-15-23)24-16-10-5-11-17-24/h3-18,21,25,29-31H,19-20H2,1-2H3/t25-,29-,30+,31+,34+/m1/s1. The fourth-order valence-corrected chi connectivity index (χ4v) is 8.10. The van der Waals surface area contributed by atoms with Gasteiger partial charge in [0, 0.05) is 5.41 Å². The van der Waals surface area contributed by atoms with Crippen molar-refractivity contribution in [2.75, 3.05) is 6.61 Å². The second-order valence-electron chi connectivity index (χ2n) is 12.4. The molecular weight excluding hydrogens is 581 g/mol. The van der Waals surface area contributed by atoms with Gasteiger partial charge >= 0.3 is 0 Å². The Kier molecular flexibility index (Phi) is 6.27. The van der Waals surface area contributed by atoms with Crippen molar-refractivity contribution in [3.63, 3.8) is 0 Å². The lowest BCUT2D eigenvalue weighted by atomic mass is 9.80. The van der Waals surface area contributed by atoms with E-state index in [9.17, 15) is 0 Å². The molecule has 3 aliphatic rings.